The van der Waals surface area contributed by atoms with Gasteiger partial charge in [-0.1, -0.05) is 6.92 Å². The number of nitrogens with two attached hydrogens (primary N) is 1. The molecule has 2 aromatic rings. The highest BCUT2D eigenvalue weighted by atomic mass is 19.1. The number of carbonyl (C=O) groups is 1. The summed E-state index contributed by atoms with van der Waals surface area (Å²) in [6.07, 6.45) is 2.94. The highest BCUT2D eigenvalue weighted by Gasteiger charge is 2.14. The second-order valence-electron chi connectivity index (χ2n) is 4.52. The highest BCUT2D eigenvalue weighted by Crippen LogP contribution is 2.22. The van der Waals surface area contributed by atoms with Crippen molar-refractivity contribution in [1.29, 1.82) is 0 Å². The number of carbonyl (C=O) groups excluding carboxylic acids is 1. The lowest BCUT2D eigenvalue weighted by Crippen LogP contribution is -2.19. The monoisotopic (exact) mass is 276 g/mol. The molecule has 1 heterocycles. The zero-order valence-electron chi connectivity index (χ0n) is 11.4. The molecule has 0 radical (unpaired) electrons. The molecule has 1 atom stereocenters. The molecule has 1 aromatic heterocycles. The van der Waals surface area contributed by atoms with Gasteiger partial charge in [-0.15, -0.1) is 0 Å². The van der Waals surface area contributed by atoms with Crippen molar-refractivity contribution in [2.24, 2.45) is 5.73 Å². The summed E-state index contributed by atoms with van der Waals surface area (Å²) in [4.78, 5) is 11.1. The van der Waals surface area contributed by atoms with Crippen LogP contribution in [0.3, 0.4) is 0 Å². The molecule has 1 amide bonds. The van der Waals surface area contributed by atoms with Gasteiger partial charge in [0.15, 0.2) is 0 Å². The Kier molecular flexibility index (Phi) is 4.14. The zero-order valence-corrected chi connectivity index (χ0v) is 11.4. The van der Waals surface area contributed by atoms with E-state index in [0.29, 0.717) is 11.3 Å². The van der Waals surface area contributed by atoms with Crippen LogP contribution in [0.15, 0.2) is 30.6 Å². The summed E-state index contributed by atoms with van der Waals surface area (Å²) in [6.45, 7) is 4.69. The molecule has 0 aliphatic rings. The summed E-state index contributed by atoms with van der Waals surface area (Å²) < 4.78 is 15.0. The van der Waals surface area contributed by atoms with Crippen LogP contribution >= 0.6 is 0 Å². The van der Waals surface area contributed by atoms with Gasteiger partial charge < -0.3 is 11.1 Å². The molecule has 106 valence electrons. The minimum absolute atomic E-state index is 0.0353. The third-order valence-corrected chi connectivity index (χ3v) is 3.08. The van der Waals surface area contributed by atoms with Crippen LogP contribution in [0.1, 0.15) is 35.8 Å². The summed E-state index contributed by atoms with van der Waals surface area (Å²) in [5.41, 5.74) is 7.01. The number of benzene rings is 1. The predicted molar refractivity (Wildman–Crippen MR) is 74.1 cm³/mol. The molecule has 0 saturated carbocycles. The van der Waals surface area contributed by atoms with Crippen molar-refractivity contribution in [3.63, 3.8) is 0 Å². The van der Waals surface area contributed by atoms with Crippen molar-refractivity contribution >= 4 is 5.91 Å². The first-order chi connectivity index (χ1) is 9.52. The van der Waals surface area contributed by atoms with Crippen LogP contribution in [0.4, 0.5) is 4.39 Å². The normalized spacial score (nSPS) is 12.3. The maximum Gasteiger partial charge on any atom is 0.251 e. The summed E-state index contributed by atoms with van der Waals surface area (Å²) >= 11 is 0. The third kappa shape index (κ3) is 2.85. The predicted octanol–water partition coefficient (Wildman–Crippen LogP) is 1.78. The molecule has 0 spiro atoms. The lowest BCUT2D eigenvalue weighted by molar-refractivity contribution is 0.100. The number of nitrogens with one attached hydrogen (secondary N) is 1. The van der Waals surface area contributed by atoms with E-state index in [1.807, 2.05) is 13.8 Å². The first-order valence-corrected chi connectivity index (χ1v) is 6.40. The van der Waals surface area contributed by atoms with Crippen LogP contribution in [0.2, 0.25) is 0 Å². The van der Waals surface area contributed by atoms with E-state index in [9.17, 15) is 9.18 Å². The van der Waals surface area contributed by atoms with Gasteiger partial charge in [-0.3, -0.25) is 4.79 Å². The van der Waals surface area contributed by atoms with E-state index in [0.717, 1.165) is 12.1 Å². The topological polar surface area (TPSA) is 72.9 Å². The summed E-state index contributed by atoms with van der Waals surface area (Å²) in [5, 5.41) is 7.34. The quantitative estimate of drug-likeness (QED) is 0.874. The summed E-state index contributed by atoms with van der Waals surface area (Å²) in [5.74, 6) is -0.851. The Labute approximate surface area is 116 Å². The number of amides is 1. The van der Waals surface area contributed by atoms with Gasteiger partial charge in [-0.2, -0.15) is 5.10 Å². The van der Waals surface area contributed by atoms with Crippen molar-refractivity contribution in [3.8, 4) is 5.69 Å². The lowest BCUT2D eigenvalue weighted by atomic mass is 10.1. The molecule has 0 aliphatic carbocycles. The smallest absolute Gasteiger partial charge is 0.251 e. The lowest BCUT2D eigenvalue weighted by Gasteiger charge is -2.17. The second-order valence-corrected chi connectivity index (χ2v) is 4.52. The Morgan fingerprint density at radius 2 is 2.30 bits per heavy atom. The van der Waals surface area contributed by atoms with Crippen molar-refractivity contribution < 1.29 is 9.18 Å². The van der Waals surface area contributed by atoms with Crippen molar-refractivity contribution in [2.45, 2.75) is 19.9 Å². The fourth-order valence-corrected chi connectivity index (χ4v) is 2.08. The molecule has 1 unspecified atom stereocenters. The van der Waals surface area contributed by atoms with Crippen LogP contribution < -0.4 is 11.1 Å². The highest BCUT2D eigenvalue weighted by molar-refractivity contribution is 5.92. The Morgan fingerprint density at radius 1 is 1.55 bits per heavy atom. The Bertz CT molecular complexity index is 623. The van der Waals surface area contributed by atoms with Crippen LogP contribution in [0, 0.1) is 5.82 Å². The molecule has 20 heavy (non-hydrogen) atoms. The van der Waals surface area contributed by atoms with Crippen LogP contribution in [0.25, 0.3) is 5.69 Å². The minimum atomic E-state index is -0.542. The average molecular weight is 276 g/mol. The third-order valence-electron chi connectivity index (χ3n) is 3.08. The number of nitrogens with zero attached hydrogens (tertiary/aromatic N) is 2. The van der Waals surface area contributed by atoms with E-state index in [2.05, 4.69) is 10.4 Å². The minimum Gasteiger partial charge on any atom is -0.366 e. The molecule has 2 rings (SSSR count). The summed E-state index contributed by atoms with van der Waals surface area (Å²) in [7, 11) is 0. The van der Waals surface area contributed by atoms with Crippen LogP contribution in [-0.4, -0.2) is 22.2 Å². The standard InChI is InChI=1S/C14H17FN4O/c1-3-17-9(2)12-6-11(15)4-5-13(12)19-8-10(7-18-19)14(16)20/h4-9,17H,3H2,1-2H3,(H2,16,20). The fourth-order valence-electron chi connectivity index (χ4n) is 2.08. The molecular weight excluding hydrogens is 259 g/mol. The van der Waals surface area contributed by atoms with Gasteiger partial charge >= 0.3 is 0 Å². The van der Waals surface area contributed by atoms with Gasteiger partial charge in [-0.25, -0.2) is 9.07 Å². The second kappa shape index (κ2) is 5.83. The molecule has 6 heteroatoms. The van der Waals surface area contributed by atoms with Crippen molar-refractivity contribution in [3.05, 3.63) is 47.5 Å². The van der Waals surface area contributed by atoms with Gasteiger partial charge in [0.05, 0.1) is 17.4 Å². The number of primary amides is 1. The van der Waals surface area contributed by atoms with E-state index in [4.69, 9.17) is 5.73 Å². The molecular formula is C14H17FN4O. The van der Waals surface area contributed by atoms with Crippen LogP contribution in [-0.2, 0) is 0 Å². The van der Waals surface area contributed by atoms with Gasteiger partial charge in [0.25, 0.3) is 5.91 Å². The molecule has 0 bridgehead atoms. The van der Waals surface area contributed by atoms with Crippen molar-refractivity contribution in [2.75, 3.05) is 6.54 Å². The fraction of sp³-hybridized carbons (Fsp3) is 0.286. The number of rotatable bonds is 5. The largest absolute Gasteiger partial charge is 0.366 e. The number of halogens is 1. The first-order valence-electron chi connectivity index (χ1n) is 6.40. The molecule has 0 fully saturated rings. The number of hydrogen-bond acceptors (Lipinski definition) is 3. The number of hydrogen-bond donors (Lipinski definition) is 2. The first kappa shape index (κ1) is 14.2. The van der Waals surface area contributed by atoms with Gasteiger partial charge in [-0.05, 0) is 37.2 Å². The maximum absolute atomic E-state index is 13.5. The molecule has 5 nitrogen and oxygen atoms in total. The number of aromatic nitrogens is 2. The Balaban J connectivity index is 2.46. The van der Waals surface area contributed by atoms with Gasteiger partial charge in [0, 0.05) is 12.2 Å². The summed E-state index contributed by atoms with van der Waals surface area (Å²) in [6, 6.07) is 4.43. The van der Waals surface area contributed by atoms with Gasteiger partial charge in [0.2, 0.25) is 0 Å². The van der Waals surface area contributed by atoms with Gasteiger partial charge in [0.1, 0.15) is 5.82 Å². The van der Waals surface area contributed by atoms with E-state index < -0.39 is 5.91 Å². The molecule has 3 N–H and O–H groups in total. The SMILES string of the molecule is CCNC(C)c1cc(F)ccc1-n1cc(C(N)=O)cn1. The zero-order chi connectivity index (χ0) is 14.7. The molecule has 1 aromatic carbocycles. The van der Waals surface area contributed by atoms with E-state index in [-0.39, 0.29) is 11.9 Å². The Morgan fingerprint density at radius 3 is 2.90 bits per heavy atom. The van der Waals surface area contributed by atoms with E-state index >= 15 is 0 Å². The Hall–Kier alpha value is -2.21. The maximum atomic E-state index is 13.5. The van der Waals surface area contributed by atoms with Crippen LogP contribution in [0.5, 0.6) is 0 Å². The van der Waals surface area contributed by atoms with E-state index in [1.165, 1.54) is 29.2 Å². The van der Waals surface area contributed by atoms with Crippen molar-refractivity contribution in [1.82, 2.24) is 15.1 Å². The molecule has 0 saturated heterocycles. The van der Waals surface area contributed by atoms with E-state index in [1.54, 1.807) is 6.07 Å². The average Bonchev–Trinajstić information content (AvgIpc) is 2.88. The molecule has 0 aliphatic heterocycles.